The van der Waals surface area contributed by atoms with E-state index in [0.29, 0.717) is 5.56 Å². The van der Waals surface area contributed by atoms with Crippen LogP contribution in [0, 0.1) is 10.1 Å². The summed E-state index contributed by atoms with van der Waals surface area (Å²) >= 11 is 1.59. The minimum atomic E-state index is -0.346. The average Bonchev–Trinajstić information content (AvgIpc) is 3.05. The van der Waals surface area contributed by atoms with E-state index >= 15 is 0 Å². The molecule has 0 spiro atoms. The third-order valence-corrected chi connectivity index (χ3v) is 4.89. The van der Waals surface area contributed by atoms with Gasteiger partial charge in [0.1, 0.15) is 5.01 Å². The molecule has 1 heterocycles. The van der Waals surface area contributed by atoms with Gasteiger partial charge >= 0.3 is 0 Å². The number of hydrogen-bond donors (Lipinski definition) is 0. The molecule has 0 fully saturated rings. The van der Waals surface area contributed by atoms with Crippen molar-refractivity contribution in [2.75, 3.05) is 0 Å². The van der Waals surface area contributed by atoms with Crippen LogP contribution in [0.3, 0.4) is 0 Å². The van der Waals surface area contributed by atoms with Crippen molar-refractivity contribution >= 4 is 27.2 Å². The van der Waals surface area contributed by atoms with Crippen molar-refractivity contribution in [2.45, 2.75) is 0 Å². The first-order valence-corrected chi connectivity index (χ1v) is 8.24. The number of nitro groups is 1. The van der Waals surface area contributed by atoms with Gasteiger partial charge in [0.15, 0.2) is 0 Å². The summed E-state index contributed by atoms with van der Waals surface area (Å²) in [5.74, 6) is 0. The fourth-order valence-electron chi connectivity index (χ4n) is 2.67. The van der Waals surface area contributed by atoms with Crippen LogP contribution in [0.4, 0.5) is 5.69 Å². The molecule has 3 aromatic carbocycles. The standard InChI is InChI=1S/C19H12N2O2S/c22-21(23)17-9-5-4-8-15(17)14-10-11-16-18(12-14)24-19(20-16)13-6-2-1-3-7-13/h1-12H. The van der Waals surface area contributed by atoms with Crippen LogP contribution in [-0.4, -0.2) is 9.91 Å². The van der Waals surface area contributed by atoms with E-state index < -0.39 is 0 Å². The SMILES string of the molecule is O=[N+]([O-])c1ccccc1-c1ccc2nc(-c3ccccc3)sc2c1. The number of rotatable bonds is 3. The Morgan fingerprint density at radius 3 is 2.42 bits per heavy atom. The van der Waals surface area contributed by atoms with Gasteiger partial charge in [0.05, 0.1) is 20.7 Å². The second-order valence-corrected chi connectivity index (χ2v) is 6.37. The molecule has 0 bridgehead atoms. The molecule has 0 aliphatic rings. The molecule has 0 aliphatic heterocycles. The fourth-order valence-corrected chi connectivity index (χ4v) is 3.68. The Hall–Kier alpha value is -3.05. The second kappa shape index (κ2) is 5.86. The molecule has 4 aromatic rings. The molecule has 0 N–H and O–H groups in total. The van der Waals surface area contributed by atoms with Crippen LogP contribution in [0.15, 0.2) is 72.8 Å². The number of nitrogens with zero attached hydrogens (tertiary/aromatic N) is 2. The van der Waals surface area contributed by atoms with Gasteiger partial charge in [-0.05, 0) is 23.8 Å². The third kappa shape index (κ3) is 2.55. The van der Waals surface area contributed by atoms with E-state index in [2.05, 4.69) is 4.98 Å². The Morgan fingerprint density at radius 2 is 1.62 bits per heavy atom. The molecular weight excluding hydrogens is 320 g/mol. The predicted molar refractivity (Wildman–Crippen MR) is 97.1 cm³/mol. The van der Waals surface area contributed by atoms with Gasteiger partial charge in [0.25, 0.3) is 5.69 Å². The molecule has 0 unspecified atom stereocenters. The van der Waals surface area contributed by atoms with Crippen molar-refractivity contribution in [3.8, 4) is 21.7 Å². The summed E-state index contributed by atoms with van der Waals surface area (Å²) in [6, 6.07) is 22.6. The summed E-state index contributed by atoms with van der Waals surface area (Å²) in [7, 11) is 0. The molecule has 4 rings (SSSR count). The minimum absolute atomic E-state index is 0.115. The number of benzene rings is 3. The van der Waals surface area contributed by atoms with Crippen LogP contribution >= 0.6 is 11.3 Å². The third-order valence-electron chi connectivity index (χ3n) is 3.82. The van der Waals surface area contributed by atoms with Gasteiger partial charge in [0, 0.05) is 11.6 Å². The molecule has 4 nitrogen and oxygen atoms in total. The fraction of sp³-hybridized carbons (Fsp3) is 0. The highest BCUT2D eigenvalue weighted by Gasteiger charge is 2.15. The number of fused-ring (bicyclic) bond motifs is 1. The Balaban J connectivity index is 1.84. The first-order valence-electron chi connectivity index (χ1n) is 7.42. The number of thiazole rings is 1. The van der Waals surface area contributed by atoms with Crippen LogP contribution in [0.25, 0.3) is 31.9 Å². The maximum atomic E-state index is 11.2. The van der Waals surface area contributed by atoms with Crippen LogP contribution in [0.5, 0.6) is 0 Å². The lowest BCUT2D eigenvalue weighted by molar-refractivity contribution is -0.384. The van der Waals surface area contributed by atoms with Crippen molar-refractivity contribution in [1.29, 1.82) is 0 Å². The van der Waals surface area contributed by atoms with Crippen molar-refractivity contribution in [3.05, 3.63) is 82.9 Å². The highest BCUT2D eigenvalue weighted by atomic mass is 32.1. The highest BCUT2D eigenvalue weighted by molar-refractivity contribution is 7.21. The van der Waals surface area contributed by atoms with E-state index in [9.17, 15) is 10.1 Å². The zero-order chi connectivity index (χ0) is 16.5. The predicted octanol–water partition coefficient (Wildman–Crippen LogP) is 5.54. The first-order chi connectivity index (χ1) is 11.7. The molecule has 0 amide bonds. The summed E-state index contributed by atoms with van der Waals surface area (Å²) in [5.41, 5.74) is 3.55. The number of hydrogen-bond acceptors (Lipinski definition) is 4. The maximum Gasteiger partial charge on any atom is 0.277 e. The quantitative estimate of drug-likeness (QED) is 0.366. The van der Waals surface area contributed by atoms with Crippen molar-refractivity contribution in [2.24, 2.45) is 0 Å². The van der Waals surface area contributed by atoms with Crippen LogP contribution in [0.2, 0.25) is 0 Å². The molecule has 0 saturated heterocycles. The number of aromatic nitrogens is 1. The van der Waals surface area contributed by atoms with Gasteiger partial charge in [-0.2, -0.15) is 0 Å². The number of nitro benzene ring substituents is 1. The van der Waals surface area contributed by atoms with Gasteiger partial charge < -0.3 is 0 Å². The van der Waals surface area contributed by atoms with Crippen LogP contribution in [-0.2, 0) is 0 Å². The Labute approximate surface area is 142 Å². The van der Waals surface area contributed by atoms with Crippen molar-refractivity contribution < 1.29 is 4.92 Å². The average molecular weight is 332 g/mol. The van der Waals surface area contributed by atoms with Gasteiger partial charge in [-0.3, -0.25) is 10.1 Å². The molecule has 116 valence electrons. The molecule has 0 aliphatic carbocycles. The summed E-state index contributed by atoms with van der Waals surface area (Å²) in [6.45, 7) is 0. The monoisotopic (exact) mass is 332 g/mol. The Morgan fingerprint density at radius 1 is 0.875 bits per heavy atom. The van der Waals surface area contributed by atoms with Gasteiger partial charge in [-0.25, -0.2) is 4.98 Å². The largest absolute Gasteiger partial charge is 0.277 e. The van der Waals surface area contributed by atoms with E-state index in [1.807, 2.05) is 54.6 Å². The lowest BCUT2D eigenvalue weighted by atomic mass is 10.0. The zero-order valence-corrected chi connectivity index (χ0v) is 13.4. The molecule has 0 radical (unpaired) electrons. The van der Waals surface area contributed by atoms with E-state index in [1.54, 1.807) is 23.5 Å². The molecule has 0 atom stereocenters. The molecule has 24 heavy (non-hydrogen) atoms. The molecule has 1 aromatic heterocycles. The number of para-hydroxylation sites is 1. The Kier molecular flexibility index (Phi) is 3.55. The van der Waals surface area contributed by atoms with Gasteiger partial charge in [-0.15, -0.1) is 11.3 Å². The smallest absolute Gasteiger partial charge is 0.258 e. The van der Waals surface area contributed by atoms with Crippen LogP contribution in [0.1, 0.15) is 0 Å². The summed E-state index contributed by atoms with van der Waals surface area (Å²) in [5, 5.41) is 12.2. The van der Waals surface area contributed by atoms with E-state index in [-0.39, 0.29) is 10.6 Å². The van der Waals surface area contributed by atoms with Gasteiger partial charge in [0.2, 0.25) is 0 Å². The maximum absolute atomic E-state index is 11.2. The van der Waals surface area contributed by atoms with Crippen LogP contribution < -0.4 is 0 Å². The second-order valence-electron chi connectivity index (χ2n) is 5.34. The van der Waals surface area contributed by atoms with E-state index in [0.717, 1.165) is 26.4 Å². The van der Waals surface area contributed by atoms with Crippen molar-refractivity contribution in [3.63, 3.8) is 0 Å². The summed E-state index contributed by atoms with van der Waals surface area (Å²) < 4.78 is 1.02. The summed E-state index contributed by atoms with van der Waals surface area (Å²) in [6.07, 6.45) is 0. The lowest BCUT2D eigenvalue weighted by Gasteiger charge is -2.02. The van der Waals surface area contributed by atoms with Crippen molar-refractivity contribution in [1.82, 2.24) is 4.98 Å². The molecule has 5 heteroatoms. The van der Waals surface area contributed by atoms with Gasteiger partial charge in [-0.1, -0.05) is 48.5 Å². The zero-order valence-electron chi connectivity index (χ0n) is 12.5. The normalized spacial score (nSPS) is 10.8. The minimum Gasteiger partial charge on any atom is -0.258 e. The highest BCUT2D eigenvalue weighted by Crippen LogP contribution is 2.35. The first kappa shape index (κ1) is 14.5. The topological polar surface area (TPSA) is 56.0 Å². The van der Waals surface area contributed by atoms with E-state index in [1.165, 1.54) is 6.07 Å². The van der Waals surface area contributed by atoms with E-state index in [4.69, 9.17) is 0 Å². The Bertz CT molecular complexity index is 1040. The summed E-state index contributed by atoms with van der Waals surface area (Å²) in [4.78, 5) is 15.6. The molecular formula is C19H12N2O2S. The molecule has 0 saturated carbocycles. The lowest BCUT2D eigenvalue weighted by Crippen LogP contribution is -1.91.